The number of carbonyl (C=O) groups excluding carboxylic acids is 5. The number of ether oxygens (including phenoxy) is 1. The molecule has 1 aliphatic heterocycles. The smallest absolute Gasteiger partial charge is 0.255 e. The highest BCUT2D eigenvalue weighted by Crippen LogP contribution is 2.42. The summed E-state index contributed by atoms with van der Waals surface area (Å²) in [5.41, 5.74) is 6.81. The van der Waals surface area contributed by atoms with E-state index in [0.717, 1.165) is 37.5 Å². The number of aliphatic hydroxyl groups excluding tert-OH is 1. The Kier molecular flexibility index (Phi) is 16.4. The van der Waals surface area contributed by atoms with Crippen LogP contribution in [0.3, 0.4) is 0 Å². The molecule has 382 valence electrons. The Labute approximate surface area is 437 Å². The number of likely N-dealkylation sites (tertiary alicyclic amines) is 1. The quantitative estimate of drug-likeness (QED) is 0.0354. The molecule has 0 unspecified atom stereocenters. The number of aliphatic hydroxyl groups is 1. The number of ketones is 1. The molecule has 2 aromatic heterocycles. The Morgan fingerprint density at radius 1 is 0.824 bits per heavy atom. The fourth-order valence-corrected chi connectivity index (χ4v) is 10.9. The van der Waals surface area contributed by atoms with Crippen LogP contribution in [-0.4, -0.2) is 86.0 Å². The first-order valence-corrected chi connectivity index (χ1v) is 26.1. The predicted octanol–water partition coefficient (Wildman–Crippen LogP) is 9.96. The van der Waals surface area contributed by atoms with Gasteiger partial charge in [0.25, 0.3) is 5.91 Å². The molecule has 74 heavy (non-hydrogen) atoms. The molecule has 1 aliphatic rings. The minimum atomic E-state index is -0.929. The lowest BCUT2D eigenvalue weighted by atomic mass is 9.85. The van der Waals surface area contributed by atoms with Crippen LogP contribution >= 0.6 is 22.7 Å². The average molecular weight is 1030 g/mol. The topological polar surface area (TPSA) is 207 Å². The molecule has 7 aromatic rings. The largest absolute Gasteiger partial charge is 0.508 e. The number of amides is 4. The van der Waals surface area contributed by atoms with E-state index in [1.807, 2.05) is 88.7 Å². The molecule has 4 atom stereocenters. The number of phenolic OH excluding ortho intramolecular Hbond substituents is 2. The van der Waals surface area contributed by atoms with Gasteiger partial charge >= 0.3 is 0 Å². The second kappa shape index (κ2) is 23.0. The number of carbonyl (C=O) groups is 5. The van der Waals surface area contributed by atoms with Crippen molar-refractivity contribution in [3.63, 3.8) is 0 Å². The van der Waals surface area contributed by atoms with Gasteiger partial charge in [-0.2, -0.15) is 0 Å². The maximum Gasteiger partial charge on any atom is 0.255 e. The van der Waals surface area contributed by atoms with Crippen LogP contribution in [0.5, 0.6) is 17.2 Å². The molecule has 0 bridgehead atoms. The normalized spacial score (nSPS) is 15.5. The van der Waals surface area contributed by atoms with E-state index in [0.29, 0.717) is 52.2 Å². The summed E-state index contributed by atoms with van der Waals surface area (Å²) in [6.07, 6.45) is 3.74. The lowest BCUT2D eigenvalue weighted by molar-refractivity contribution is -0.144. The molecule has 1 saturated heterocycles. The number of β-amino-alcohol motifs (C(OH)–C–C–N with tert-alkyl or cyclic N) is 1. The van der Waals surface area contributed by atoms with Gasteiger partial charge in [-0.1, -0.05) is 69.3 Å². The van der Waals surface area contributed by atoms with Crippen LogP contribution in [-0.2, 0) is 14.4 Å². The molecule has 0 saturated carbocycles. The second-order valence-corrected chi connectivity index (χ2v) is 21.4. The summed E-state index contributed by atoms with van der Waals surface area (Å²) < 4.78 is 6.67. The number of thiophene rings is 1. The fraction of sp³-hybridized carbons (Fsp3) is 0.276. The van der Waals surface area contributed by atoms with Crippen LogP contribution in [0.15, 0.2) is 127 Å². The average Bonchev–Trinajstić information content (AvgIpc) is 4.12. The third-order valence-corrected chi connectivity index (χ3v) is 15.1. The van der Waals surface area contributed by atoms with Crippen molar-refractivity contribution in [1.82, 2.24) is 25.8 Å². The van der Waals surface area contributed by atoms with Crippen LogP contribution in [0.2, 0.25) is 0 Å². The van der Waals surface area contributed by atoms with Crippen LogP contribution < -0.4 is 20.7 Å². The first-order valence-electron chi connectivity index (χ1n) is 24.4. The number of aromatic nitrogens is 1. The molecular weight excluding hydrogens is 975 g/mol. The van der Waals surface area contributed by atoms with Crippen LogP contribution in [0.1, 0.15) is 103 Å². The predicted molar refractivity (Wildman–Crippen MR) is 289 cm³/mol. The number of nitrogens with zero attached hydrogens (tertiary/aromatic N) is 2. The van der Waals surface area contributed by atoms with Crippen molar-refractivity contribution >= 4 is 68.2 Å². The molecular formula is C58H59N5O9S2. The summed E-state index contributed by atoms with van der Waals surface area (Å²) in [5.74, 6) is -0.852. The van der Waals surface area contributed by atoms with E-state index in [1.165, 1.54) is 22.4 Å². The molecule has 8 rings (SSSR count). The molecule has 0 aliphatic carbocycles. The van der Waals surface area contributed by atoms with Gasteiger partial charge in [-0.15, -0.1) is 22.7 Å². The molecule has 6 N–H and O–H groups in total. The van der Waals surface area contributed by atoms with Gasteiger partial charge in [-0.3, -0.25) is 24.0 Å². The van der Waals surface area contributed by atoms with E-state index < -0.39 is 29.5 Å². The Bertz CT molecular complexity index is 3180. The molecule has 0 spiro atoms. The van der Waals surface area contributed by atoms with E-state index in [4.69, 9.17) is 4.74 Å². The maximum absolute atomic E-state index is 14.1. The van der Waals surface area contributed by atoms with Crippen LogP contribution in [0.4, 0.5) is 0 Å². The van der Waals surface area contributed by atoms with Crippen molar-refractivity contribution in [2.24, 2.45) is 5.41 Å². The Morgan fingerprint density at radius 2 is 1.49 bits per heavy atom. The number of aromatic hydroxyl groups is 2. The molecule has 16 heteroatoms. The highest BCUT2D eigenvalue weighted by molar-refractivity contribution is 7.22. The third kappa shape index (κ3) is 12.6. The lowest BCUT2D eigenvalue weighted by Crippen LogP contribution is -2.57. The van der Waals surface area contributed by atoms with Gasteiger partial charge in [0, 0.05) is 57.2 Å². The summed E-state index contributed by atoms with van der Waals surface area (Å²) in [5, 5.41) is 40.0. The van der Waals surface area contributed by atoms with Gasteiger partial charge in [0.2, 0.25) is 17.7 Å². The zero-order valence-electron chi connectivity index (χ0n) is 41.8. The zero-order valence-corrected chi connectivity index (χ0v) is 43.4. The third-order valence-electron chi connectivity index (χ3n) is 12.9. The molecule has 1 fully saturated rings. The lowest BCUT2D eigenvalue weighted by Gasteiger charge is -2.35. The second-order valence-electron chi connectivity index (χ2n) is 19.5. The van der Waals surface area contributed by atoms with E-state index in [1.54, 1.807) is 84.1 Å². The van der Waals surface area contributed by atoms with Gasteiger partial charge in [0.05, 0.1) is 34.8 Å². The minimum absolute atomic E-state index is 0.0146. The summed E-state index contributed by atoms with van der Waals surface area (Å²) in [6, 6.07) is 30.9. The number of hydrogen-bond acceptors (Lipinski definition) is 12. The number of phenols is 2. The molecule has 3 heterocycles. The first kappa shape index (κ1) is 52.7. The van der Waals surface area contributed by atoms with E-state index >= 15 is 0 Å². The van der Waals surface area contributed by atoms with Crippen LogP contribution in [0, 0.1) is 12.3 Å². The number of aryl methyl sites for hydroxylation is 1. The Hall–Kier alpha value is -7.66. The van der Waals surface area contributed by atoms with E-state index in [-0.39, 0.29) is 60.4 Å². The highest BCUT2D eigenvalue weighted by Gasteiger charge is 2.44. The molecule has 5 aromatic carbocycles. The van der Waals surface area contributed by atoms with Crippen molar-refractivity contribution < 1.29 is 44.0 Å². The first-order chi connectivity index (χ1) is 35.4. The van der Waals surface area contributed by atoms with E-state index in [9.17, 15) is 39.3 Å². The van der Waals surface area contributed by atoms with Crippen molar-refractivity contribution in [3.8, 4) is 38.1 Å². The van der Waals surface area contributed by atoms with Gasteiger partial charge in [0.1, 0.15) is 29.3 Å². The number of unbranched alkanes of at least 4 members (excludes halogenated alkanes) is 1. The monoisotopic (exact) mass is 1030 g/mol. The van der Waals surface area contributed by atoms with Gasteiger partial charge in [-0.25, -0.2) is 4.98 Å². The fourth-order valence-electron chi connectivity index (χ4n) is 8.84. The standard InChI is InChI=1S/C58H59N5O9S2/c1-34(37-11-15-39(16-12-37)52-35(2)60-33-73-52)61-56(70)47-30-44(66)32-63(47)57(71)54(58(3,4)5)62-49(67)8-6-7-29-72-45-24-9-36(10-25-45)27-28-59-55(69)41-17-13-38(14-18-41)51(68)50-46-26-23-43(65)31-48(46)74-53(50)40-19-21-42(64)22-20-40/h9-28,31,33-34,44,47,54,64-66H,6-8,29-30,32H2,1-5H3,(H,59,69)(H,61,70)(H,62,67)/b28-27+/t34-,44+,47-,54+/m0/s1. The summed E-state index contributed by atoms with van der Waals surface area (Å²) >= 11 is 2.94. The van der Waals surface area contributed by atoms with Crippen molar-refractivity contribution in [3.05, 3.63) is 160 Å². The van der Waals surface area contributed by atoms with Gasteiger partial charge in [0.15, 0.2) is 5.78 Å². The van der Waals surface area contributed by atoms with Gasteiger partial charge < -0.3 is 40.9 Å². The SMILES string of the molecule is Cc1ncsc1-c1ccc([C@H](C)NC(=O)[C@@H]2C[C@@H](O)CN2C(=O)[C@@H](NC(=O)CCCCOc2ccc(/C=C/NC(=O)c3ccc(C(=O)c4c(-c5ccc(O)cc5)sc5cc(O)ccc45)cc3)cc2)C(C)(C)C)cc1. The number of nitrogens with one attached hydrogen (secondary N) is 3. The van der Waals surface area contributed by atoms with Crippen molar-refractivity contribution in [2.75, 3.05) is 13.2 Å². The molecule has 0 radical (unpaired) electrons. The Balaban J connectivity index is 0.772. The zero-order chi connectivity index (χ0) is 52.7. The molecule has 4 amide bonds. The number of benzene rings is 5. The number of thiazole rings is 1. The highest BCUT2D eigenvalue weighted by atomic mass is 32.1. The summed E-state index contributed by atoms with van der Waals surface area (Å²) in [6.45, 7) is 9.75. The summed E-state index contributed by atoms with van der Waals surface area (Å²) in [4.78, 5) is 75.6. The molecule has 14 nitrogen and oxygen atoms in total. The number of rotatable bonds is 18. The van der Waals surface area contributed by atoms with Gasteiger partial charge in [-0.05, 0) is 127 Å². The van der Waals surface area contributed by atoms with E-state index in [2.05, 4.69) is 20.9 Å². The summed E-state index contributed by atoms with van der Waals surface area (Å²) in [7, 11) is 0. The number of hydrogen-bond donors (Lipinski definition) is 6. The van der Waals surface area contributed by atoms with Crippen molar-refractivity contribution in [1.29, 1.82) is 0 Å². The van der Waals surface area contributed by atoms with Crippen molar-refractivity contribution in [2.45, 2.75) is 84.5 Å². The minimum Gasteiger partial charge on any atom is -0.508 e. The maximum atomic E-state index is 14.1. The number of fused-ring (bicyclic) bond motifs is 1. The van der Waals surface area contributed by atoms with Crippen LogP contribution in [0.25, 0.3) is 37.0 Å². The Morgan fingerprint density at radius 3 is 2.16 bits per heavy atom.